The predicted molar refractivity (Wildman–Crippen MR) is 164 cm³/mol. The molecular weight excluding hydrogens is 546 g/mol. The van der Waals surface area contributed by atoms with Crippen LogP contribution >= 0.6 is 11.3 Å². The van der Waals surface area contributed by atoms with Crippen LogP contribution in [0.15, 0.2) is 91.4 Å². The molecule has 0 fully saturated rings. The first-order chi connectivity index (χ1) is 20.5. The molecule has 0 spiro atoms. The highest BCUT2D eigenvalue weighted by atomic mass is 32.1. The monoisotopic (exact) mass is 569 g/mol. The van der Waals surface area contributed by atoms with Gasteiger partial charge in [0.05, 0.1) is 34.2 Å². The van der Waals surface area contributed by atoms with Crippen LogP contribution in [-0.4, -0.2) is 41.8 Å². The van der Waals surface area contributed by atoms with E-state index in [1.54, 1.807) is 25.5 Å². The Kier molecular flexibility index (Phi) is 6.37. The molecule has 42 heavy (non-hydrogen) atoms. The van der Waals surface area contributed by atoms with E-state index in [-0.39, 0.29) is 18.1 Å². The number of anilines is 1. The lowest BCUT2D eigenvalue weighted by atomic mass is 10.0. The fraction of sp³-hybridized carbons (Fsp3) is 0.0625. The largest absolute Gasteiger partial charge is 0.335 e. The van der Waals surface area contributed by atoms with Gasteiger partial charge in [0.1, 0.15) is 5.69 Å². The molecule has 3 N–H and O–H groups in total. The van der Waals surface area contributed by atoms with Gasteiger partial charge in [-0.1, -0.05) is 36.4 Å². The lowest BCUT2D eigenvalue weighted by Crippen LogP contribution is -2.14. The molecule has 7 rings (SSSR count). The molecular formula is C32H23N7O2S. The van der Waals surface area contributed by atoms with Gasteiger partial charge in [-0.05, 0) is 54.4 Å². The molecule has 2 aromatic carbocycles. The number of hydrogen-bond acceptors (Lipinski definition) is 7. The summed E-state index contributed by atoms with van der Waals surface area (Å²) in [5, 5.41) is 11.5. The Bertz CT molecular complexity index is 2110. The standard InChI is InChI=1S/C32H23N7O2S/c1-18(40)26-9-10-27(42-26)23-11-12-34-31-29(23)36-32(37-31)30-24-15-20(7-8-25(24)38-39-30)21-14-22(17-33-16-21)35-28(41)13-19-5-3-2-4-6-19/h2-12,14-17H,13H2,1H3,(H,35,41)(H,38,39)(H,34,36,37). The first kappa shape index (κ1) is 25.5. The van der Waals surface area contributed by atoms with Gasteiger partial charge < -0.3 is 10.3 Å². The molecule has 9 nitrogen and oxygen atoms in total. The highest BCUT2D eigenvalue weighted by Crippen LogP contribution is 2.35. The van der Waals surface area contributed by atoms with E-state index >= 15 is 0 Å². The van der Waals surface area contributed by atoms with Crippen molar-refractivity contribution in [1.82, 2.24) is 30.1 Å². The number of carbonyl (C=O) groups is 2. The summed E-state index contributed by atoms with van der Waals surface area (Å²) in [5.41, 5.74) is 7.12. The van der Waals surface area contributed by atoms with E-state index in [1.807, 2.05) is 72.8 Å². The molecule has 0 saturated heterocycles. The maximum atomic E-state index is 12.6. The summed E-state index contributed by atoms with van der Waals surface area (Å²) in [5.74, 6) is 0.512. The molecule has 7 aromatic rings. The van der Waals surface area contributed by atoms with E-state index in [4.69, 9.17) is 4.98 Å². The second-order valence-corrected chi connectivity index (χ2v) is 11.0. The first-order valence-corrected chi connectivity index (χ1v) is 14.1. The second-order valence-electron chi connectivity index (χ2n) is 9.87. The lowest BCUT2D eigenvalue weighted by molar-refractivity contribution is -0.115. The number of amides is 1. The molecule has 0 unspecified atom stereocenters. The molecule has 0 atom stereocenters. The van der Waals surface area contributed by atoms with Gasteiger partial charge in [0.2, 0.25) is 5.91 Å². The number of aromatic amines is 2. The van der Waals surface area contributed by atoms with Crippen molar-refractivity contribution in [1.29, 1.82) is 0 Å². The first-order valence-electron chi connectivity index (χ1n) is 13.3. The Morgan fingerprint density at radius 3 is 2.67 bits per heavy atom. The van der Waals surface area contributed by atoms with Crippen LogP contribution in [0.3, 0.4) is 0 Å². The van der Waals surface area contributed by atoms with Gasteiger partial charge in [-0.3, -0.25) is 19.7 Å². The SMILES string of the molecule is CC(=O)c1ccc(-c2ccnc3nc(-c4n[nH]c5ccc(-c6cncc(NC(=O)Cc7ccccc7)c6)cc45)[nH]c23)s1. The number of hydrogen-bond donors (Lipinski definition) is 3. The van der Waals surface area contributed by atoms with E-state index in [2.05, 4.69) is 30.5 Å². The number of carbonyl (C=O) groups excluding carboxylic acids is 2. The zero-order chi connectivity index (χ0) is 28.6. The Morgan fingerprint density at radius 2 is 1.83 bits per heavy atom. The lowest BCUT2D eigenvalue weighted by Gasteiger charge is -2.08. The minimum atomic E-state index is -0.106. The van der Waals surface area contributed by atoms with E-state index in [0.29, 0.717) is 27.7 Å². The van der Waals surface area contributed by atoms with Crippen LogP contribution in [0.25, 0.3) is 55.2 Å². The van der Waals surface area contributed by atoms with Gasteiger partial charge >= 0.3 is 0 Å². The quantitative estimate of drug-likeness (QED) is 0.184. The van der Waals surface area contributed by atoms with E-state index < -0.39 is 0 Å². The van der Waals surface area contributed by atoms with Gasteiger partial charge in [0, 0.05) is 33.8 Å². The number of imidazole rings is 1. The number of thiophene rings is 1. The Hall–Kier alpha value is -5.48. The third kappa shape index (κ3) is 4.84. The number of ketones is 1. The fourth-order valence-electron chi connectivity index (χ4n) is 4.93. The topological polar surface area (TPSA) is 129 Å². The third-order valence-corrected chi connectivity index (χ3v) is 8.18. The average molecular weight is 570 g/mol. The molecule has 204 valence electrons. The number of H-pyrrole nitrogens is 2. The number of Topliss-reactive ketones (excluding diaryl/α,β-unsaturated/α-hetero) is 1. The van der Waals surface area contributed by atoms with Crippen LogP contribution in [0.1, 0.15) is 22.2 Å². The zero-order valence-electron chi connectivity index (χ0n) is 22.4. The number of pyridine rings is 2. The van der Waals surface area contributed by atoms with Crippen LogP contribution in [0.2, 0.25) is 0 Å². The number of benzene rings is 2. The van der Waals surface area contributed by atoms with Gasteiger partial charge in [-0.2, -0.15) is 5.10 Å². The number of fused-ring (bicyclic) bond motifs is 2. The van der Waals surface area contributed by atoms with Gasteiger partial charge in [0.25, 0.3) is 0 Å². The van der Waals surface area contributed by atoms with Crippen molar-refractivity contribution in [2.75, 3.05) is 5.32 Å². The normalized spacial score (nSPS) is 11.3. The highest BCUT2D eigenvalue weighted by Gasteiger charge is 2.18. The fourth-order valence-corrected chi connectivity index (χ4v) is 5.86. The van der Waals surface area contributed by atoms with Crippen LogP contribution in [-0.2, 0) is 11.2 Å². The Morgan fingerprint density at radius 1 is 0.952 bits per heavy atom. The van der Waals surface area contributed by atoms with E-state index in [1.165, 1.54) is 11.3 Å². The number of nitrogens with zero attached hydrogens (tertiary/aromatic N) is 4. The summed E-state index contributed by atoms with van der Waals surface area (Å²) < 4.78 is 0. The summed E-state index contributed by atoms with van der Waals surface area (Å²) in [6.07, 6.45) is 5.41. The molecule has 0 aliphatic heterocycles. The maximum Gasteiger partial charge on any atom is 0.228 e. The highest BCUT2D eigenvalue weighted by molar-refractivity contribution is 7.17. The van der Waals surface area contributed by atoms with Crippen molar-refractivity contribution in [2.45, 2.75) is 13.3 Å². The molecule has 0 aliphatic carbocycles. The van der Waals surface area contributed by atoms with Crippen LogP contribution in [0, 0.1) is 0 Å². The summed E-state index contributed by atoms with van der Waals surface area (Å²) in [6, 6.07) is 23.2. The number of aromatic nitrogens is 6. The zero-order valence-corrected chi connectivity index (χ0v) is 23.2. The van der Waals surface area contributed by atoms with E-state index in [0.717, 1.165) is 43.6 Å². The molecule has 0 radical (unpaired) electrons. The average Bonchev–Trinajstić information content (AvgIpc) is 3.75. The van der Waals surface area contributed by atoms with Crippen molar-refractivity contribution < 1.29 is 9.59 Å². The molecule has 5 heterocycles. The smallest absolute Gasteiger partial charge is 0.228 e. The molecule has 5 aromatic heterocycles. The van der Waals surface area contributed by atoms with Crippen molar-refractivity contribution in [2.24, 2.45) is 0 Å². The van der Waals surface area contributed by atoms with Crippen molar-refractivity contribution >= 4 is 50.8 Å². The predicted octanol–water partition coefficient (Wildman–Crippen LogP) is 6.68. The Labute approximate surface area is 243 Å². The molecule has 0 bridgehead atoms. The molecule has 0 aliphatic rings. The van der Waals surface area contributed by atoms with Crippen LogP contribution < -0.4 is 5.32 Å². The minimum absolute atomic E-state index is 0.0379. The van der Waals surface area contributed by atoms with Gasteiger partial charge in [-0.15, -0.1) is 11.3 Å². The molecule has 10 heteroatoms. The van der Waals surface area contributed by atoms with Crippen molar-refractivity contribution in [3.05, 3.63) is 102 Å². The summed E-state index contributed by atoms with van der Waals surface area (Å²) in [4.78, 5) is 43.1. The third-order valence-electron chi connectivity index (χ3n) is 6.96. The van der Waals surface area contributed by atoms with Gasteiger partial charge in [-0.25, -0.2) is 9.97 Å². The summed E-state index contributed by atoms with van der Waals surface area (Å²) >= 11 is 1.44. The van der Waals surface area contributed by atoms with Gasteiger partial charge in [0.15, 0.2) is 17.3 Å². The molecule has 1 amide bonds. The van der Waals surface area contributed by atoms with Crippen LogP contribution in [0.4, 0.5) is 5.69 Å². The summed E-state index contributed by atoms with van der Waals surface area (Å²) in [6.45, 7) is 1.57. The van der Waals surface area contributed by atoms with Crippen molar-refractivity contribution in [3.63, 3.8) is 0 Å². The van der Waals surface area contributed by atoms with Crippen LogP contribution in [0.5, 0.6) is 0 Å². The van der Waals surface area contributed by atoms with Crippen molar-refractivity contribution in [3.8, 4) is 33.1 Å². The van der Waals surface area contributed by atoms with E-state index in [9.17, 15) is 9.59 Å². The second kappa shape index (κ2) is 10.5. The summed E-state index contributed by atoms with van der Waals surface area (Å²) in [7, 11) is 0. The minimum Gasteiger partial charge on any atom is -0.335 e. The molecule has 0 saturated carbocycles. The number of rotatable bonds is 7. The Balaban J connectivity index is 1.21. The number of nitrogens with one attached hydrogen (secondary N) is 3. The maximum absolute atomic E-state index is 12.6.